The van der Waals surface area contributed by atoms with E-state index in [9.17, 15) is 25.0 Å². The number of hydrogen-bond donors (Lipinski definition) is 0. The number of benzene rings is 3. The summed E-state index contributed by atoms with van der Waals surface area (Å²) in [6.07, 6.45) is 0. The zero-order chi connectivity index (χ0) is 21.0. The van der Waals surface area contributed by atoms with E-state index in [1.807, 2.05) is 0 Å². The zero-order valence-corrected chi connectivity index (χ0v) is 15.7. The summed E-state index contributed by atoms with van der Waals surface area (Å²) < 4.78 is 0. The smallest absolute Gasteiger partial charge is 0.271 e. The van der Waals surface area contributed by atoms with Gasteiger partial charge in [-0.2, -0.15) is 0 Å². The van der Waals surface area contributed by atoms with E-state index in [1.54, 1.807) is 36.4 Å². The molecule has 0 aromatic heterocycles. The number of halogens is 1. The highest BCUT2D eigenvalue weighted by Crippen LogP contribution is 2.27. The van der Waals surface area contributed by atoms with Gasteiger partial charge in [0, 0.05) is 24.3 Å². The lowest BCUT2D eigenvalue weighted by Gasteiger charge is -2.23. The topological polar surface area (TPSA) is 107 Å². The first-order chi connectivity index (χ1) is 13.9. The maximum absolute atomic E-state index is 13.2. The van der Waals surface area contributed by atoms with Crippen LogP contribution >= 0.6 is 11.6 Å². The lowest BCUT2D eigenvalue weighted by atomic mass is 10.1. The Hall–Kier alpha value is -3.78. The van der Waals surface area contributed by atoms with E-state index in [2.05, 4.69) is 0 Å². The number of carbonyl (C=O) groups excluding carboxylic acids is 1. The lowest BCUT2D eigenvalue weighted by molar-refractivity contribution is -0.385. The third kappa shape index (κ3) is 4.56. The third-order valence-electron chi connectivity index (χ3n) is 4.16. The second kappa shape index (κ2) is 8.49. The van der Waals surface area contributed by atoms with Gasteiger partial charge in [0.1, 0.15) is 0 Å². The summed E-state index contributed by atoms with van der Waals surface area (Å²) in [6, 6.07) is 17.9. The molecule has 0 aliphatic rings. The van der Waals surface area contributed by atoms with Crippen LogP contribution in [0.25, 0.3) is 0 Å². The fourth-order valence-corrected chi connectivity index (χ4v) is 3.00. The molecule has 0 atom stereocenters. The first-order valence-corrected chi connectivity index (χ1v) is 8.79. The average Bonchev–Trinajstić information content (AvgIpc) is 2.72. The molecule has 0 spiro atoms. The number of nitro groups is 2. The molecule has 3 aromatic rings. The van der Waals surface area contributed by atoms with E-state index in [0.717, 1.165) is 0 Å². The molecular formula is C20H14ClN3O5. The van der Waals surface area contributed by atoms with E-state index < -0.39 is 15.8 Å². The fourth-order valence-electron chi connectivity index (χ4n) is 2.79. The second-order valence-electron chi connectivity index (χ2n) is 6.08. The van der Waals surface area contributed by atoms with Crippen molar-refractivity contribution in [2.24, 2.45) is 0 Å². The molecule has 0 aliphatic heterocycles. The van der Waals surface area contributed by atoms with Crippen molar-refractivity contribution >= 4 is 34.6 Å². The highest BCUT2D eigenvalue weighted by molar-refractivity contribution is 6.34. The van der Waals surface area contributed by atoms with Gasteiger partial charge < -0.3 is 4.90 Å². The van der Waals surface area contributed by atoms with Gasteiger partial charge in [0.25, 0.3) is 17.3 Å². The van der Waals surface area contributed by atoms with Gasteiger partial charge in [-0.25, -0.2) is 0 Å². The Labute approximate surface area is 170 Å². The highest BCUT2D eigenvalue weighted by Gasteiger charge is 2.22. The van der Waals surface area contributed by atoms with Gasteiger partial charge in [-0.1, -0.05) is 41.9 Å². The normalized spacial score (nSPS) is 10.4. The highest BCUT2D eigenvalue weighted by atomic mass is 35.5. The molecule has 9 heteroatoms. The Morgan fingerprint density at radius 1 is 0.862 bits per heavy atom. The molecule has 0 radical (unpaired) electrons. The molecule has 0 heterocycles. The van der Waals surface area contributed by atoms with Crippen LogP contribution in [-0.2, 0) is 6.54 Å². The van der Waals surface area contributed by atoms with Gasteiger partial charge >= 0.3 is 0 Å². The molecule has 0 unspecified atom stereocenters. The molecule has 0 fully saturated rings. The molecule has 1 amide bonds. The molecule has 0 saturated heterocycles. The van der Waals surface area contributed by atoms with Crippen LogP contribution in [0.1, 0.15) is 15.9 Å². The minimum absolute atomic E-state index is 0.0348. The van der Waals surface area contributed by atoms with Crippen LogP contribution in [-0.4, -0.2) is 15.8 Å². The van der Waals surface area contributed by atoms with Gasteiger partial charge in [-0.05, 0) is 23.8 Å². The quantitative estimate of drug-likeness (QED) is 0.419. The predicted octanol–water partition coefficient (Wildman–Crippen LogP) is 5.00. The largest absolute Gasteiger partial charge is 0.304 e. The van der Waals surface area contributed by atoms with Crippen molar-refractivity contribution in [1.29, 1.82) is 0 Å². The zero-order valence-electron chi connectivity index (χ0n) is 14.9. The van der Waals surface area contributed by atoms with Gasteiger partial charge in [-0.15, -0.1) is 0 Å². The van der Waals surface area contributed by atoms with E-state index >= 15 is 0 Å². The third-order valence-corrected chi connectivity index (χ3v) is 4.49. The van der Waals surface area contributed by atoms with Crippen molar-refractivity contribution in [3.8, 4) is 0 Å². The summed E-state index contributed by atoms with van der Waals surface area (Å²) in [4.78, 5) is 35.6. The molecule has 3 aromatic carbocycles. The molecule has 146 valence electrons. The van der Waals surface area contributed by atoms with E-state index in [1.165, 1.54) is 41.3 Å². The van der Waals surface area contributed by atoms with Crippen molar-refractivity contribution in [3.05, 3.63) is 109 Å². The monoisotopic (exact) mass is 411 g/mol. The summed E-state index contributed by atoms with van der Waals surface area (Å²) in [5.74, 6) is -0.484. The molecule has 0 saturated carbocycles. The number of rotatable bonds is 6. The molecular weight excluding hydrogens is 398 g/mol. The minimum atomic E-state index is -0.561. The standard InChI is InChI=1S/C20H14ClN3O5/c21-19-10-2-1-9-18(19)20(25)22(15-6-4-8-17(12-15)24(28)29)13-14-5-3-7-16(11-14)23(26)27/h1-12H,13H2. The van der Waals surface area contributed by atoms with Gasteiger partial charge in [0.2, 0.25) is 0 Å². The Morgan fingerprint density at radius 2 is 1.48 bits per heavy atom. The number of hydrogen-bond acceptors (Lipinski definition) is 5. The molecule has 3 rings (SSSR count). The summed E-state index contributed by atoms with van der Waals surface area (Å²) in [5.41, 5.74) is 0.679. The molecule has 0 bridgehead atoms. The predicted molar refractivity (Wildman–Crippen MR) is 108 cm³/mol. The Morgan fingerprint density at radius 3 is 2.14 bits per heavy atom. The summed E-state index contributed by atoms with van der Waals surface area (Å²) >= 11 is 6.16. The van der Waals surface area contributed by atoms with E-state index in [-0.39, 0.29) is 34.2 Å². The number of anilines is 1. The van der Waals surface area contributed by atoms with Crippen LogP contribution in [0.4, 0.5) is 17.1 Å². The van der Waals surface area contributed by atoms with Crippen LogP contribution in [0.2, 0.25) is 5.02 Å². The summed E-state index contributed by atoms with van der Waals surface area (Å²) in [5, 5.41) is 22.4. The maximum atomic E-state index is 13.2. The lowest BCUT2D eigenvalue weighted by Crippen LogP contribution is -2.30. The SMILES string of the molecule is O=C(c1ccccc1Cl)N(Cc1cccc([N+](=O)[O-])c1)c1cccc([N+](=O)[O-])c1. The maximum Gasteiger partial charge on any atom is 0.271 e. The number of carbonyl (C=O) groups is 1. The Bertz CT molecular complexity index is 1100. The van der Waals surface area contributed by atoms with Gasteiger partial charge in [0.05, 0.1) is 32.7 Å². The first kappa shape index (κ1) is 20.0. The van der Waals surface area contributed by atoms with Crippen LogP contribution in [0.5, 0.6) is 0 Å². The van der Waals surface area contributed by atoms with E-state index in [4.69, 9.17) is 11.6 Å². The average molecular weight is 412 g/mol. The minimum Gasteiger partial charge on any atom is -0.304 e. The number of non-ortho nitro benzene ring substituents is 2. The van der Waals surface area contributed by atoms with Gasteiger partial charge in [-0.3, -0.25) is 25.0 Å². The van der Waals surface area contributed by atoms with Crippen molar-refractivity contribution in [1.82, 2.24) is 0 Å². The van der Waals surface area contributed by atoms with Crippen LogP contribution in [0.3, 0.4) is 0 Å². The van der Waals surface area contributed by atoms with Crippen LogP contribution < -0.4 is 4.90 Å². The Kier molecular flexibility index (Phi) is 5.85. The fraction of sp³-hybridized carbons (Fsp3) is 0.0500. The summed E-state index contributed by atoms with van der Waals surface area (Å²) in [6.45, 7) is -0.0348. The molecule has 8 nitrogen and oxygen atoms in total. The number of nitrogens with zero attached hydrogens (tertiary/aromatic N) is 3. The summed E-state index contributed by atoms with van der Waals surface area (Å²) in [7, 11) is 0. The molecule has 0 N–H and O–H groups in total. The van der Waals surface area contributed by atoms with Crippen molar-refractivity contribution < 1.29 is 14.6 Å². The Balaban J connectivity index is 2.06. The van der Waals surface area contributed by atoms with Crippen LogP contribution in [0, 0.1) is 20.2 Å². The van der Waals surface area contributed by atoms with Crippen molar-refractivity contribution in [2.75, 3.05) is 4.90 Å². The van der Waals surface area contributed by atoms with Crippen molar-refractivity contribution in [2.45, 2.75) is 6.54 Å². The first-order valence-electron chi connectivity index (χ1n) is 8.41. The van der Waals surface area contributed by atoms with Crippen LogP contribution in [0.15, 0.2) is 72.8 Å². The number of amides is 1. The van der Waals surface area contributed by atoms with E-state index in [0.29, 0.717) is 5.56 Å². The second-order valence-corrected chi connectivity index (χ2v) is 6.48. The number of nitro benzene ring substituents is 2. The molecule has 29 heavy (non-hydrogen) atoms. The van der Waals surface area contributed by atoms with Crippen molar-refractivity contribution in [3.63, 3.8) is 0 Å². The molecule has 0 aliphatic carbocycles. The van der Waals surface area contributed by atoms with Gasteiger partial charge in [0.15, 0.2) is 0 Å².